The van der Waals surface area contributed by atoms with Crippen LogP contribution in [0, 0.1) is 5.92 Å². The van der Waals surface area contributed by atoms with Crippen LogP contribution in [0.1, 0.15) is 30.1 Å². The zero-order chi connectivity index (χ0) is 16.4. The highest BCUT2D eigenvalue weighted by molar-refractivity contribution is 6.34. The van der Waals surface area contributed by atoms with Gasteiger partial charge >= 0.3 is 0 Å². The lowest BCUT2D eigenvalue weighted by Gasteiger charge is -2.34. The van der Waals surface area contributed by atoms with Crippen molar-refractivity contribution < 1.29 is 4.79 Å². The van der Waals surface area contributed by atoms with Crippen LogP contribution in [0.2, 0.25) is 5.02 Å². The van der Waals surface area contributed by atoms with Crippen molar-refractivity contribution in [2.45, 2.75) is 25.8 Å². The standard InChI is InChI=1S/C15H19ClN6O/c1-10(17)11-3-2-6-21(8-11)15(23)13-5-4-12(7-14(13)16)22-9-18-19-20-22/h4-5,7,9-11H,2-3,6,8,17H2,1H3/t10-,11-/m1/s1. The van der Waals surface area contributed by atoms with Crippen molar-refractivity contribution in [3.05, 3.63) is 35.1 Å². The molecule has 3 rings (SSSR count). The van der Waals surface area contributed by atoms with Crippen LogP contribution in [0.5, 0.6) is 0 Å². The van der Waals surface area contributed by atoms with Crippen LogP contribution in [0.3, 0.4) is 0 Å². The van der Waals surface area contributed by atoms with Crippen molar-refractivity contribution in [3.63, 3.8) is 0 Å². The number of rotatable bonds is 3. The SMILES string of the molecule is C[C@@H](N)[C@@H]1CCCN(C(=O)c2ccc(-n3cnnn3)cc2Cl)C1. The van der Waals surface area contributed by atoms with Crippen molar-refractivity contribution >= 4 is 17.5 Å². The van der Waals surface area contributed by atoms with Crippen molar-refractivity contribution in [3.8, 4) is 5.69 Å². The number of nitrogens with two attached hydrogens (primary N) is 1. The molecular formula is C15H19ClN6O. The summed E-state index contributed by atoms with van der Waals surface area (Å²) in [5, 5.41) is 11.4. The van der Waals surface area contributed by atoms with E-state index in [-0.39, 0.29) is 11.9 Å². The van der Waals surface area contributed by atoms with Crippen LogP contribution in [-0.2, 0) is 0 Å². The van der Waals surface area contributed by atoms with E-state index >= 15 is 0 Å². The van der Waals surface area contributed by atoms with Gasteiger partial charge < -0.3 is 10.6 Å². The molecule has 1 saturated heterocycles. The van der Waals surface area contributed by atoms with Crippen LogP contribution >= 0.6 is 11.6 Å². The second-order valence-electron chi connectivity index (χ2n) is 5.93. The average Bonchev–Trinajstić information content (AvgIpc) is 3.08. The maximum Gasteiger partial charge on any atom is 0.255 e. The number of likely N-dealkylation sites (tertiary alicyclic amines) is 1. The first-order valence-electron chi connectivity index (χ1n) is 7.64. The Labute approximate surface area is 139 Å². The number of tetrazole rings is 1. The Hall–Kier alpha value is -1.99. The predicted octanol–water partition coefficient (Wildman–Crippen LogP) is 1.52. The average molecular weight is 335 g/mol. The molecule has 0 spiro atoms. The fraction of sp³-hybridized carbons (Fsp3) is 0.467. The Bertz CT molecular complexity index is 687. The maximum absolute atomic E-state index is 12.7. The van der Waals surface area contributed by atoms with E-state index in [2.05, 4.69) is 15.5 Å². The summed E-state index contributed by atoms with van der Waals surface area (Å²) in [5.41, 5.74) is 7.19. The van der Waals surface area contributed by atoms with Gasteiger partial charge in [0.1, 0.15) is 6.33 Å². The third-order valence-electron chi connectivity index (χ3n) is 4.29. The van der Waals surface area contributed by atoms with Gasteiger partial charge in [0.05, 0.1) is 16.3 Å². The molecule has 0 aliphatic carbocycles. The third-order valence-corrected chi connectivity index (χ3v) is 4.60. The highest BCUT2D eigenvalue weighted by atomic mass is 35.5. The number of halogens is 1. The molecule has 23 heavy (non-hydrogen) atoms. The number of amides is 1. The number of nitrogens with zero attached hydrogens (tertiary/aromatic N) is 5. The quantitative estimate of drug-likeness (QED) is 0.919. The van der Waals surface area contributed by atoms with Gasteiger partial charge in [0.15, 0.2) is 0 Å². The van der Waals surface area contributed by atoms with Crippen molar-refractivity contribution in [1.82, 2.24) is 25.1 Å². The highest BCUT2D eigenvalue weighted by Crippen LogP contribution is 2.25. The number of hydrogen-bond acceptors (Lipinski definition) is 5. The highest BCUT2D eigenvalue weighted by Gasteiger charge is 2.27. The summed E-state index contributed by atoms with van der Waals surface area (Å²) in [6.45, 7) is 3.42. The molecule has 0 bridgehead atoms. The zero-order valence-electron chi connectivity index (χ0n) is 12.9. The number of hydrogen-bond donors (Lipinski definition) is 1. The summed E-state index contributed by atoms with van der Waals surface area (Å²) < 4.78 is 1.49. The van der Waals surface area contributed by atoms with E-state index in [1.165, 1.54) is 11.0 Å². The second kappa shape index (κ2) is 6.64. The fourth-order valence-corrected chi connectivity index (χ4v) is 3.15. The van der Waals surface area contributed by atoms with E-state index in [1.54, 1.807) is 18.2 Å². The van der Waals surface area contributed by atoms with Gasteiger partial charge in [-0.1, -0.05) is 11.6 Å². The van der Waals surface area contributed by atoms with Crippen molar-refractivity contribution in [1.29, 1.82) is 0 Å². The summed E-state index contributed by atoms with van der Waals surface area (Å²) in [5.74, 6) is 0.288. The monoisotopic (exact) mass is 334 g/mol. The lowest BCUT2D eigenvalue weighted by atomic mass is 9.92. The molecule has 0 radical (unpaired) electrons. The van der Waals surface area contributed by atoms with Gasteiger partial charge in [0.2, 0.25) is 0 Å². The Morgan fingerprint density at radius 3 is 2.96 bits per heavy atom. The summed E-state index contributed by atoms with van der Waals surface area (Å²) >= 11 is 6.31. The smallest absolute Gasteiger partial charge is 0.255 e. The molecule has 8 heteroatoms. The van der Waals surface area contributed by atoms with Crippen molar-refractivity contribution in [2.24, 2.45) is 11.7 Å². The van der Waals surface area contributed by atoms with Crippen LogP contribution in [0.4, 0.5) is 0 Å². The molecule has 2 N–H and O–H groups in total. The van der Waals surface area contributed by atoms with E-state index in [4.69, 9.17) is 17.3 Å². The number of aromatic nitrogens is 4. The summed E-state index contributed by atoms with van der Waals surface area (Å²) in [7, 11) is 0. The Balaban J connectivity index is 1.80. The molecule has 1 aliphatic heterocycles. The second-order valence-corrected chi connectivity index (χ2v) is 6.34. The van der Waals surface area contributed by atoms with Gasteiger partial charge in [0, 0.05) is 19.1 Å². The minimum absolute atomic E-state index is 0.0522. The zero-order valence-corrected chi connectivity index (χ0v) is 13.6. The molecule has 1 amide bonds. The molecule has 122 valence electrons. The molecule has 2 heterocycles. The molecule has 2 atom stereocenters. The summed E-state index contributed by atoms with van der Waals surface area (Å²) in [6, 6.07) is 5.28. The predicted molar refractivity (Wildman–Crippen MR) is 86.4 cm³/mol. The largest absolute Gasteiger partial charge is 0.338 e. The van der Waals surface area contributed by atoms with Crippen LogP contribution in [0.15, 0.2) is 24.5 Å². The first kappa shape index (κ1) is 15.9. The van der Waals surface area contributed by atoms with Gasteiger partial charge in [-0.15, -0.1) is 5.10 Å². The van der Waals surface area contributed by atoms with Gasteiger partial charge in [0.25, 0.3) is 5.91 Å². The molecule has 1 aromatic carbocycles. The lowest BCUT2D eigenvalue weighted by Crippen LogP contribution is -2.45. The van der Waals surface area contributed by atoms with E-state index in [1.807, 2.05) is 11.8 Å². The molecular weight excluding hydrogens is 316 g/mol. The van der Waals surface area contributed by atoms with E-state index in [0.29, 0.717) is 28.7 Å². The van der Waals surface area contributed by atoms with E-state index in [9.17, 15) is 4.79 Å². The first-order chi connectivity index (χ1) is 11.1. The van der Waals surface area contributed by atoms with Gasteiger partial charge in [-0.25, -0.2) is 4.68 Å². The fourth-order valence-electron chi connectivity index (χ4n) is 2.89. The number of benzene rings is 1. The van der Waals surface area contributed by atoms with Gasteiger partial charge in [-0.05, 0) is 54.3 Å². The lowest BCUT2D eigenvalue weighted by molar-refractivity contribution is 0.0661. The molecule has 0 unspecified atom stereocenters. The maximum atomic E-state index is 12.7. The Morgan fingerprint density at radius 1 is 1.48 bits per heavy atom. The molecule has 7 nitrogen and oxygen atoms in total. The molecule has 2 aromatic rings. The van der Waals surface area contributed by atoms with Crippen LogP contribution in [0.25, 0.3) is 5.69 Å². The summed E-state index contributed by atoms with van der Waals surface area (Å²) in [6.07, 6.45) is 3.51. The van der Waals surface area contributed by atoms with E-state index < -0.39 is 0 Å². The van der Waals surface area contributed by atoms with Gasteiger partial charge in [-0.2, -0.15) is 0 Å². The normalized spacial score (nSPS) is 19.6. The number of carbonyl (C=O) groups is 1. The minimum atomic E-state index is -0.0522. The topological polar surface area (TPSA) is 89.9 Å². The third kappa shape index (κ3) is 3.35. The molecule has 1 aliphatic rings. The number of carbonyl (C=O) groups excluding carboxylic acids is 1. The van der Waals surface area contributed by atoms with Crippen LogP contribution in [-0.4, -0.2) is 50.1 Å². The van der Waals surface area contributed by atoms with Crippen molar-refractivity contribution in [2.75, 3.05) is 13.1 Å². The minimum Gasteiger partial charge on any atom is -0.338 e. The Morgan fingerprint density at radius 2 is 2.30 bits per heavy atom. The van der Waals surface area contributed by atoms with Gasteiger partial charge in [-0.3, -0.25) is 4.79 Å². The summed E-state index contributed by atoms with van der Waals surface area (Å²) in [4.78, 5) is 14.6. The Kier molecular flexibility index (Phi) is 4.58. The molecule has 1 fully saturated rings. The van der Waals surface area contributed by atoms with E-state index in [0.717, 1.165) is 19.4 Å². The van der Waals surface area contributed by atoms with Crippen LogP contribution < -0.4 is 5.73 Å². The molecule has 1 aromatic heterocycles. The molecule has 0 saturated carbocycles. The number of piperidine rings is 1. The first-order valence-corrected chi connectivity index (χ1v) is 8.02.